The van der Waals surface area contributed by atoms with Crippen LogP contribution in [0.15, 0.2) is 5.16 Å². The van der Waals surface area contributed by atoms with Crippen LogP contribution in [0, 0.1) is 0 Å². The van der Waals surface area contributed by atoms with E-state index in [2.05, 4.69) is 5.16 Å². The zero-order valence-corrected chi connectivity index (χ0v) is 7.87. The van der Waals surface area contributed by atoms with Crippen molar-refractivity contribution in [1.82, 2.24) is 0 Å². The summed E-state index contributed by atoms with van der Waals surface area (Å²) in [6, 6.07) is 0. The third-order valence-electron chi connectivity index (χ3n) is 1.46. The molecule has 0 rings (SSSR count). The Morgan fingerprint density at radius 3 is 2.33 bits per heavy atom. The van der Waals surface area contributed by atoms with Crippen molar-refractivity contribution in [2.45, 2.75) is 32.6 Å². The first-order valence-corrected chi connectivity index (χ1v) is 5.40. The average molecular weight is 195 g/mol. The van der Waals surface area contributed by atoms with E-state index in [4.69, 9.17) is 15.0 Å². The van der Waals surface area contributed by atoms with Gasteiger partial charge >= 0.3 is 7.60 Å². The molecule has 0 radical (unpaired) electrons. The highest BCUT2D eigenvalue weighted by molar-refractivity contribution is 7.70. The molecule has 0 aliphatic carbocycles. The molecular weight excluding hydrogens is 181 g/mol. The molecule has 0 aromatic heterocycles. The Morgan fingerprint density at radius 2 is 2.00 bits per heavy atom. The molecule has 5 nitrogen and oxygen atoms in total. The highest BCUT2D eigenvalue weighted by atomic mass is 31.2. The van der Waals surface area contributed by atoms with Crippen molar-refractivity contribution in [2.24, 2.45) is 5.16 Å². The van der Waals surface area contributed by atoms with Crippen molar-refractivity contribution in [3.8, 4) is 0 Å². The van der Waals surface area contributed by atoms with Crippen molar-refractivity contribution < 1.29 is 19.6 Å². The number of unbranched alkanes of at least 4 members (excludes halogenated alkanes) is 2. The first-order valence-electron chi connectivity index (χ1n) is 3.79. The van der Waals surface area contributed by atoms with Crippen LogP contribution in [-0.2, 0) is 4.57 Å². The van der Waals surface area contributed by atoms with Crippen LogP contribution in [0.2, 0.25) is 0 Å². The van der Waals surface area contributed by atoms with E-state index in [-0.39, 0.29) is 6.42 Å². The number of hydrogen-bond acceptors (Lipinski definition) is 3. The fraction of sp³-hybridized carbons (Fsp3) is 0.833. The summed E-state index contributed by atoms with van der Waals surface area (Å²) in [4.78, 5) is 17.2. The Bertz CT molecular complexity index is 198. The minimum atomic E-state index is -4.32. The molecule has 0 aromatic rings. The van der Waals surface area contributed by atoms with Gasteiger partial charge in [-0.15, -0.1) is 0 Å². The zero-order chi connectivity index (χ0) is 9.61. The van der Waals surface area contributed by atoms with Gasteiger partial charge in [0.1, 0.15) is 0 Å². The molecule has 12 heavy (non-hydrogen) atoms. The number of hydrogen-bond donors (Lipinski definition) is 3. The van der Waals surface area contributed by atoms with Crippen LogP contribution in [-0.4, -0.2) is 20.4 Å². The van der Waals surface area contributed by atoms with E-state index in [1.54, 1.807) is 0 Å². The van der Waals surface area contributed by atoms with Crippen molar-refractivity contribution in [3.05, 3.63) is 0 Å². The monoisotopic (exact) mass is 195 g/mol. The summed E-state index contributed by atoms with van der Waals surface area (Å²) >= 11 is 0. The molecule has 0 saturated heterocycles. The van der Waals surface area contributed by atoms with Crippen LogP contribution in [0.5, 0.6) is 0 Å². The molecule has 3 N–H and O–H groups in total. The van der Waals surface area contributed by atoms with Gasteiger partial charge in [0.25, 0.3) is 0 Å². The molecule has 0 aromatic carbocycles. The Balaban J connectivity index is 3.96. The molecule has 0 fully saturated rings. The number of oxime groups is 1. The van der Waals surface area contributed by atoms with E-state index in [0.717, 1.165) is 12.8 Å². The maximum atomic E-state index is 10.6. The van der Waals surface area contributed by atoms with Gasteiger partial charge in [0.2, 0.25) is 0 Å². The van der Waals surface area contributed by atoms with Crippen LogP contribution in [0.4, 0.5) is 0 Å². The van der Waals surface area contributed by atoms with Crippen molar-refractivity contribution in [2.75, 3.05) is 0 Å². The van der Waals surface area contributed by atoms with E-state index in [1.165, 1.54) is 0 Å². The first-order chi connectivity index (χ1) is 5.52. The smallest absolute Gasteiger partial charge is 0.373 e. The third-order valence-corrected chi connectivity index (χ3v) is 2.44. The van der Waals surface area contributed by atoms with E-state index in [0.29, 0.717) is 6.42 Å². The number of nitrogens with zero attached hydrogens (tertiary/aromatic N) is 1. The topological polar surface area (TPSA) is 90.1 Å². The summed E-state index contributed by atoms with van der Waals surface area (Å²) in [5.74, 6) is 0. The summed E-state index contributed by atoms with van der Waals surface area (Å²) in [7, 11) is -4.32. The average Bonchev–Trinajstić information content (AvgIpc) is 1.95. The Morgan fingerprint density at radius 1 is 1.42 bits per heavy atom. The molecule has 72 valence electrons. The van der Waals surface area contributed by atoms with Gasteiger partial charge in [-0.1, -0.05) is 24.9 Å². The van der Waals surface area contributed by atoms with Gasteiger partial charge in [-0.2, -0.15) is 0 Å². The first kappa shape index (κ1) is 11.6. The summed E-state index contributed by atoms with van der Waals surface area (Å²) in [6.07, 6.45) is 2.63. The summed E-state index contributed by atoms with van der Waals surface area (Å²) < 4.78 is 10.6. The standard InChI is InChI=1S/C6H14NO4P/c1-2-3-4-5-6(7-8)12(9,10)11/h8H,2-5H2,1H3,(H2,9,10,11)/b7-6-. The fourth-order valence-electron chi connectivity index (χ4n) is 0.787. The fourth-order valence-corrected chi connectivity index (χ4v) is 1.35. The minimum Gasteiger partial charge on any atom is -0.410 e. The van der Waals surface area contributed by atoms with Gasteiger partial charge in [0, 0.05) is 6.42 Å². The van der Waals surface area contributed by atoms with Crippen LogP contribution < -0.4 is 0 Å². The predicted molar refractivity (Wildman–Crippen MR) is 45.4 cm³/mol. The van der Waals surface area contributed by atoms with Crippen molar-refractivity contribution >= 4 is 13.0 Å². The normalized spacial score (nSPS) is 13.4. The molecule has 0 aliphatic heterocycles. The van der Waals surface area contributed by atoms with Gasteiger partial charge in [-0.05, 0) is 6.42 Å². The molecule has 0 saturated carbocycles. The lowest BCUT2D eigenvalue weighted by Gasteiger charge is -2.04. The minimum absolute atomic E-state index is 0.161. The molecule has 0 amide bonds. The summed E-state index contributed by atoms with van der Waals surface area (Å²) in [6.45, 7) is 1.98. The van der Waals surface area contributed by atoms with E-state index in [1.807, 2.05) is 6.92 Å². The van der Waals surface area contributed by atoms with Crippen molar-refractivity contribution in [1.29, 1.82) is 0 Å². The van der Waals surface area contributed by atoms with Gasteiger partial charge in [-0.25, -0.2) is 0 Å². The lowest BCUT2D eigenvalue weighted by molar-refractivity contribution is 0.315. The molecule has 0 heterocycles. The van der Waals surface area contributed by atoms with Gasteiger partial charge < -0.3 is 15.0 Å². The SMILES string of the molecule is CCCCC/C(=N/O)P(=O)(O)O. The lowest BCUT2D eigenvalue weighted by atomic mass is 10.2. The number of rotatable bonds is 5. The Labute approximate surface area is 71.3 Å². The molecule has 0 bridgehead atoms. The van der Waals surface area contributed by atoms with Crippen LogP contribution >= 0.6 is 7.60 Å². The largest absolute Gasteiger partial charge is 0.410 e. The molecule has 6 heteroatoms. The highest BCUT2D eigenvalue weighted by Gasteiger charge is 2.22. The van der Waals surface area contributed by atoms with Crippen LogP contribution in [0.1, 0.15) is 32.6 Å². The van der Waals surface area contributed by atoms with Crippen molar-refractivity contribution in [3.63, 3.8) is 0 Å². The van der Waals surface area contributed by atoms with E-state index in [9.17, 15) is 4.57 Å². The predicted octanol–water partition coefficient (Wildman–Crippen LogP) is 1.53. The quantitative estimate of drug-likeness (QED) is 0.204. The van der Waals surface area contributed by atoms with E-state index >= 15 is 0 Å². The van der Waals surface area contributed by atoms with Gasteiger partial charge in [0.05, 0.1) is 0 Å². The maximum absolute atomic E-state index is 10.6. The Hall–Kier alpha value is -0.380. The summed E-state index contributed by atoms with van der Waals surface area (Å²) in [5.41, 5.74) is -0.420. The van der Waals surface area contributed by atoms with E-state index < -0.39 is 13.0 Å². The van der Waals surface area contributed by atoms with Crippen LogP contribution in [0.25, 0.3) is 0 Å². The van der Waals surface area contributed by atoms with Crippen LogP contribution in [0.3, 0.4) is 0 Å². The molecule has 0 aliphatic rings. The molecular formula is C6H14NO4P. The molecule has 0 atom stereocenters. The zero-order valence-electron chi connectivity index (χ0n) is 6.97. The Kier molecular flexibility index (Phi) is 5.13. The second kappa shape index (κ2) is 5.30. The molecule has 0 spiro atoms. The third kappa shape index (κ3) is 4.49. The lowest BCUT2D eigenvalue weighted by Crippen LogP contribution is -1.99. The maximum Gasteiger partial charge on any atom is 0.373 e. The highest BCUT2D eigenvalue weighted by Crippen LogP contribution is 2.38. The second-order valence-electron chi connectivity index (χ2n) is 2.52. The summed E-state index contributed by atoms with van der Waals surface area (Å²) in [5, 5.41) is 10.8. The second-order valence-corrected chi connectivity index (χ2v) is 4.12. The van der Waals surface area contributed by atoms with Gasteiger partial charge in [-0.3, -0.25) is 4.57 Å². The van der Waals surface area contributed by atoms with Gasteiger partial charge in [0.15, 0.2) is 5.45 Å². The molecule has 0 unspecified atom stereocenters.